The van der Waals surface area contributed by atoms with Crippen LogP contribution in [0.5, 0.6) is 0 Å². The van der Waals surface area contributed by atoms with E-state index < -0.39 is 0 Å². The van der Waals surface area contributed by atoms with Gasteiger partial charge in [0.05, 0.1) is 5.69 Å². The van der Waals surface area contributed by atoms with Gasteiger partial charge in [-0.25, -0.2) is 4.98 Å². The molecule has 0 saturated carbocycles. The van der Waals surface area contributed by atoms with Crippen LogP contribution in [-0.4, -0.2) is 12.0 Å². The van der Waals surface area contributed by atoms with Crippen LogP contribution in [-0.2, 0) is 6.54 Å². The van der Waals surface area contributed by atoms with Crippen molar-refractivity contribution in [2.45, 2.75) is 6.54 Å². The molecule has 0 saturated heterocycles. The predicted molar refractivity (Wildman–Crippen MR) is 46.4 cm³/mol. The van der Waals surface area contributed by atoms with Crippen LogP contribution in [0.3, 0.4) is 0 Å². The first-order valence-corrected chi connectivity index (χ1v) is 3.66. The summed E-state index contributed by atoms with van der Waals surface area (Å²) >= 11 is 5.74. The third-order valence-corrected chi connectivity index (χ3v) is 1.44. The first-order valence-electron chi connectivity index (χ1n) is 3.29. The molecule has 60 valence electrons. The van der Waals surface area contributed by atoms with Gasteiger partial charge in [0.15, 0.2) is 0 Å². The number of nitrogens with zero attached hydrogens (tertiary/aromatic N) is 1. The molecular weight excluding hydrogens is 162 g/mol. The van der Waals surface area contributed by atoms with Gasteiger partial charge in [-0.3, -0.25) is 0 Å². The van der Waals surface area contributed by atoms with Gasteiger partial charge in [-0.15, -0.1) is 0 Å². The summed E-state index contributed by atoms with van der Waals surface area (Å²) < 4.78 is 0. The molecule has 0 amide bonds. The van der Waals surface area contributed by atoms with Crippen LogP contribution in [0.4, 0.5) is 5.82 Å². The summed E-state index contributed by atoms with van der Waals surface area (Å²) in [6.45, 7) is 0.685. The van der Waals surface area contributed by atoms with E-state index in [-0.39, 0.29) is 0 Å². The molecule has 0 radical (unpaired) electrons. The van der Waals surface area contributed by atoms with Crippen molar-refractivity contribution in [3.05, 3.63) is 22.8 Å². The van der Waals surface area contributed by atoms with Gasteiger partial charge in [0, 0.05) is 11.6 Å². The summed E-state index contributed by atoms with van der Waals surface area (Å²) in [4.78, 5) is 4.05. The largest absolute Gasteiger partial charge is 0.384 e. The fraction of sp³-hybridized carbons (Fsp3) is 0.286. The number of halogens is 1. The molecule has 0 aromatic carbocycles. The van der Waals surface area contributed by atoms with E-state index in [0.717, 1.165) is 5.69 Å². The number of hydrogen-bond acceptors (Lipinski definition) is 3. The van der Waals surface area contributed by atoms with Gasteiger partial charge in [-0.1, -0.05) is 11.6 Å². The van der Waals surface area contributed by atoms with Gasteiger partial charge in [-0.2, -0.15) is 0 Å². The number of nitrogen functional groups attached to an aromatic ring is 1. The smallest absolute Gasteiger partial charge is 0.125 e. The van der Waals surface area contributed by atoms with Crippen LogP contribution >= 0.6 is 11.6 Å². The number of pyridine rings is 1. The molecule has 0 atom stereocenters. The molecule has 3 N–H and O–H groups in total. The lowest BCUT2D eigenvalue weighted by atomic mass is 10.3. The molecule has 3 nitrogen and oxygen atoms in total. The first-order chi connectivity index (χ1) is 5.22. The van der Waals surface area contributed by atoms with E-state index in [1.54, 1.807) is 12.1 Å². The summed E-state index contributed by atoms with van der Waals surface area (Å²) in [5, 5.41) is 3.59. The summed E-state index contributed by atoms with van der Waals surface area (Å²) in [7, 11) is 1.85. The zero-order valence-electron chi connectivity index (χ0n) is 6.26. The molecule has 0 aliphatic carbocycles. The summed E-state index contributed by atoms with van der Waals surface area (Å²) in [5.74, 6) is 0.461. The normalized spacial score (nSPS) is 10.0. The molecule has 1 heterocycles. The number of aromatic nitrogens is 1. The summed E-state index contributed by atoms with van der Waals surface area (Å²) in [5.41, 5.74) is 6.33. The Balaban J connectivity index is 2.89. The lowest BCUT2D eigenvalue weighted by molar-refractivity contribution is 0.793. The van der Waals surface area contributed by atoms with E-state index in [0.29, 0.717) is 17.4 Å². The number of nitrogens with two attached hydrogens (primary N) is 1. The minimum atomic E-state index is 0.461. The van der Waals surface area contributed by atoms with Gasteiger partial charge < -0.3 is 11.1 Å². The fourth-order valence-corrected chi connectivity index (χ4v) is 1.08. The van der Waals surface area contributed by atoms with Crippen LogP contribution in [0, 0.1) is 0 Å². The van der Waals surface area contributed by atoms with Crippen LogP contribution in [0.15, 0.2) is 12.1 Å². The number of hydrogen-bond donors (Lipinski definition) is 2. The molecule has 0 fully saturated rings. The van der Waals surface area contributed by atoms with Crippen molar-refractivity contribution >= 4 is 17.4 Å². The Labute approximate surface area is 70.6 Å². The van der Waals surface area contributed by atoms with Crippen molar-refractivity contribution in [1.29, 1.82) is 0 Å². The number of anilines is 1. The molecule has 0 bridgehead atoms. The second kappa shape index (κ2) is 3.55. The van der Waals surface area contributed by atoms with Crippen molar-refractivity contribution in [2.75, 3.05) is 12.8 Å². The molecule has 11 heavy (non-hydrogen) atoms. The minimum Gasteiger partial charge on any atom is -0.384 e. The van der Waals surface area contributed by atoms with Crippen molar-refractivity contribution in [2.24, 2.45) is 0 Å². The highest BCUT2D eigenvalue weighted by Gasteiger charge is 1.96. The summed E-state index contributed by atoms with van der Waals surface area (Å²) in [6.07, 6.45) is 0. The highest BCUT2D eigenvalue weighted by Crippen LogP contribution is 2.12. The molecule has 1 rings (SSSR count). The Morgan fingerprint density at radius 2 is 2.36 bits per heavy atom. The van der Waals surface area contributed by atoms with E-state index >= 15 is 0 Å². The van der Waals surface area contributed by atoms with Gasteiger partial charge in [0.25, 0.3) is 0 Å². The van der Waals surface area contributed by atoms with Gasteiger partial charge in [0.1, 0.15) is 5.82 Å². The van der Waals surface area contributed by atoms with E-state index in [1.165, 1.54) is 0 Å². The molecule has 1 aromatic heterocycles. The lowest BCUT2D eigenvalue weighted by Gasteiger charge is -2.00. The quantitative estimate of drug-likeness (QED) is 0.699. The Morgan fingerprint density at radius 1 is 1.64 bits per heavy atom. The van der Waals surface area contributed by atoms with Crippen LogP contribution in [0.2, 0.25) is 5.02 Å². The predicted octanol–water partition coefficient (Wildman–Crippen LogP) is 1.04. The Morgan fingerprint density at radius 3 is 2.91 bits per heavy atom. The zero-order chi connectivity index (χ0) is 8.27. The molecule has 1 aromatic rings. The van der Waals surface area contributed by atoms with Crippen LogP contribution in [0.25, 0.3) is 0 Å². The van der Waals surface area contributed by atoms with Gasteiger partial charge in [-0.05, 0) is 19.2 Å². The Hall–Kier alpha value is -0.800. The number of rotatable bonds is 2. The highest BCUT2D eigenvalue weighted by atomic mass is 35.5. The maximum absolute atomic E-state index is 5.74. The monoisotopic (exact) mass is 171 g/mol. The second-order valence-corrected chi connectivity index (χ2v) is 2.67. The molecule has 4 heteroatoms. The SMILES string of the molecule is CNCc1cc(Cl)cc(N)n1. The fourth-order valence-electron chi connectivity index (χ4n) is 0.844. The van der Waals surface area contributed by atoms with Crippen molar-refractivity contribution in [1.82, 2.24) is 10.3 Å². The maximum Gasteiger partial charge on any atom is 0.125 e. The zero-order valence-corrected chi connectivity index (χ0v) is 7.02. The molecule has 0 spiro atoms. The Kier molecular flexibility index (Phi) is 2.68. The average molecular weight is 172 g/mol. The topological polar surface area (TPSA) is 50.9 Å². The van der Waals surface area contributed by atoms with E-state index in [2.05, 4.69) is 10.3 Å². The lowest BCUT2D eigenvalue weighted by Crippen LogP contribution is -2.07. The van der Waals surface area contributed by atoms with Crippen LogP contribution in [0.1, 0.15) is 5.69 Å². The average Bonchev–Trinajstić information content (AvgIpc) is 1.85. The molecular formula is C7H10ClN3. The van der Waals surface area contributed by atoms with Crippen molar-refractivity contribution in [3.63, 3.8) is 0 Å². The third-order valence-electron chi connectivity index (χ3n) is 1.22. The number of nitrogens with one attached hydrogen (secondary N) is 1. The van der Waals surface area contributed by atoms with Crippen LogP contribution < -0.4 is 11.1 Å². The van der Waals surface area contributed by atoms with E-state index in [1.807, 2.05) is 7.05 Å². The van der Waals surface area contributed by atoms with Gasteiger partial charge in [0.2, 0.25) is 0 Å². The Bertz CT molecular complexity index is 229. The van der Waals surface area contributed by atoms with E-state index in [4.69, 9.17) is 17.3 Å². The van der Waals surface area contributed by atoms with Crippen molar-refractivity contribution in [3.8, 4) is 0 Å². The first kappa shape index (κ1) is 8.30. The third kappa shape index (κ3) is 2.37. The second-order valence-electron chi connectivity index (χ2n) is 2.23. The molecule has 0 aliphatic heterocycles. The molecule has 0 aliphatic rings. The highest BCUT2D eigenvalue weighted by molar-refractivity contribution is 6.30. The van der Waals surface area contributed by atoms with Gasteiger partial charge >= 0.3 is 0 Å². The summed E-state index contributed by atoms with van der Waals surface area (Å²) in [6, 6.07) is 3.41. The molecule has 0 unspecified atom stereocenters. The maximum atomic E-state index is 5.74. The standard InChI is InChI=1S/C7H10ClN3/c1-10-4-6-2-5(8)3-7(9)11-6/h2-3,10H,4H2,1H3,(H2,9,11). The van der Waals surface area contributed by atoms with E-state index in [9.17, 15) is 0 Å². The minimum absolute atomic E-state index is 0.461. The van der Waals surface area contributed by atoms with Crippen molar-refractivity contribution < 1.29 is 0 Å².